The predicted octanol–water partition coefficient (Wildman–Crippen LogP) is 3.36. The molecule has 1 amide bonds. The Balaban J connectivity index is 1.86. The van der Waals surface area contributed by atoms with Crippen LogP contribution >= 0.6 is 15.9 Å². The molecule has 1 unspecified atom stereocenters. The maximum atomic E-state index is 12.4. The number of halogens is 1. The maximum Gasteiger partial charge on any atom is 0.416 e. The zero-order chi connectivity index (χ0) is 16.0. The van der Waals surface area contributed by atoms with Crippen LogP contribution in [0, 0.1) is 0 Å². The smallest absolute Gasteiger partial charge is 0.416 e. The van der Waals surface area contributed by atoms with Gasteiger partial charge < -0.3 is 4.74 Å². The highest BCUT2D eigenvalue weighted by molar-refractivity contribution is 9.10. The number of ether oxygens (including phenoxy) is 1. The van der Waals surface area contributed by atoms with E-state index in [-0.39, 0.29) is 6.61 Å². The van der Waals surface area contributed by atoms with Crippen molar-refractivity contribution in [2.24, 2.45) is 0 Å². The summed E-state index contributed by atoms with van der Waals surface area (Å²) in [6.45, 7) is 2.26. The summed E-state index contributed by atoms with van der Waals surface area (Å²) in [5.74, 6) is 0.535. The van der Waals surface area contributed by atoms with Gasteiger partial charge in [-0.25, -0.2) is 19.2 Å². The number of fused-ring (bicyclic) bond motifs is 1. The molecule has 6 nitrogen and oxygen atoms in total. The van der Waals surface area contributed by atoms with E-state index in [1.165, 1.54) is 0 Å². The highest BCUT2D eigenvalue weighted by atomic mass is 79.9. The average Bonchev–Trinajstić information content (AvgIpc) is 3.09. The van der Waals surface area contributed by atoms with Gasteiger partial charge in [0.05, 0.1) is 10.7 Å². The molecule has 3 heterocycles. The van der Waals surface area contributed by atoms with Gasteiger partial charge in [0.2, 0.25) is 0 Å². The van der Waals surface area contributed by atoms with Crippen LogP contribution < -0.4 is 4.90 Å². The van der Waals surface area contributed by atoms with Gasteiger partial charge in [-0.05, 0) is 34.5 Å². The van der Waals surface area contributed by atoms with Crippen LogP contribution in [0.1, 0.15) is 12.5 Å². The van der Waals surface area contributed by atoms with Gasteiger partial charge in [0.25, 0.3) is 0 Å². The third-order valence-corrected chi connectivity index (χ3v) is 4.65. The van der Waals surface area contributed by atoms with Gasteiger partial charge in [0.15, 0.2) is 5.65 Å². The number of nitrogens with zero attached hydrogens (tertiary/aromatic N) is 4. The number of carbonyl (C=O) groups excluding carboxylic acids is 1. The van der Waals surface area contributed by atoms with E-state index in [4.69, 9.17) is 4.74 Å². The van der Waals surface area contributed by atoms with E-state index in [0.717, 1.165) is 10.0 Å². The fraction of sp³-hybridized carbons (Fsp3) is 0.188. The minimum Gasteiger partial charge on any atom is -0.446 e. The van der Waals surface area contributed by atoms with E-state index < -0.39 is 11.6 Å². The second-order valence-electron chi connectivity index (χ2n) is 5.58. The predicted molar refractivity (Wildman–Crippen MR) is 88.3 cm³/mol. The van der Waals surface area contributed by atoms with Crippen LogP contribution in [0.3, 0.4) is 0 Å². The molecule has 2 aromatic heterocycles. The zero-order valence-corrected chi connectivity index (χ0v) is 13.9. The summed E-state index contributed by atoms with van der Waals surface area (Å²) < 4.78 is 7.75. The first-order chi connectivity index (χ1) is 11.1. The maximum absolute atomic E-state index is 12.4. The van der Waals surface area contributed by atoms with Gasteiger partial charge in [-0.1, -0.05) is 30.3 Å². The van der Waals surface area contributed by atoms with Crippen LogP contribution in [-0.4, -0.2) is 27.3 Å². The Morgan fingerprint density at radius 3 is 2.83 bits per heavy atom. The molecule has 116 valence electrons. The van der Waals surface area contributed by atoms with Crippen molar-refractivity contribution in [3.63, 3.8) is 0 Å². The lowest BCUT2D eigenvalue weighted by atomic mass is 9.92. The number of rotatable bonds is 2. The largest absolute Gasteiger partial charge is 0.446 e. The monoisotopic (exact) mass is 372 g/mol. The Kier molecular flexibility index (Phi) is 3.12. The molecule has 1 aromatic carbocycles. The van der Waals surface area contributed by atoms with E-state index in [2.05, 4.69) is 26.0 Å². The summed E-state index contributed by atoms with van der Waals surface area (Å²) >= 11 is 3.42. The molecule has 7 heteroatoms. The number of anilines is 1. The molecule has 0 spiro atoms. The summed E-state index contributed by atoms with van der Waals surface area (Å²) in [6.07, 6.45) is 3.05. The fourth-order valence-corrected chi connectivity index (χ4v) is 3.21. The topological polar surface area (TPSA) is 59.7 Å². The Labute approximate surface area is 140 Å². The lowest BCUT2D eigenvalue weighted by Crippen LogP contribution is -2.42. The van der Waals surface area contributed by atoms with Crippen molar-refractivity contribution in [1.29, 1.82) is 0 Å². The first kappa shape index (κ1) is 14.2. The SMILES string of the molecule is CC1(c2ccccc2)COC(=O)N1c1ccn2ncc(Br)c2n1. The normalized spacial score (nSPS) is 21.0. The van der Waals surface area contributed by atoms with Crippen LogP contribution in [0.2, 0.25) is 0 Å². The lowest BCUT2D eigenvalue weighted by molar-refractivity contribution is 0.174. The van der Waals surface area contributed by atoms with E-state index >= 15 is 0 Å². The van der Waals surface area contributed by atoms with E-state index in [1.54, 1.807) is 27.9 Å². The van der Waals surface area contributed by atoms with Gasteiger partial charge in [0, 0.05) is 6.20 Å². The molecular formula is C16H13BrN4O2. The van der Waals surface area contributed by atoms with Crippen molar-refractivity contribution in [3.05, 3.63) is 58.8 Å². The standard InChI is InChI=1S/C16H13BrN4O2/c1-16(11-5-3-2-4-6-11)10-23-15(22)21(16)13-7-8-20-14(19-13)12(17)9-18-20/h2-9H,10H2,1H3. The summed E-state index contributed by atoms with van der Waals surface area (Å²) in [5.41, 5.74) is 1.05. The number of hydrogen-bond donors (Lipinski definition) is 0. The van der Waals surface area contributed by atoms with Gasteiger partial charge in [-0.3, -0.25) is 0 Å². The van der Waals surface area contributed by atoms with Crippen LogP contribution in [-0.2, 0) is 10.3 Å². The molecule has 0 radical (unpaired) electrons. The number of cyclic esters (lactones) is 1. The minimum atomic E-state index is -0.601. The number of aromatic nitrogens is 3. The summed E-state index contributed by atoms with van der Waals surface area (Å²) in [6, 6.07) is 11.6. The van der Waals surface area contributed by atoms with Crippen LogP contribution in [0.5, 0.6) is 0 Å². The minimum absolute atomic E-state index is 0.281. The molecule has 4 rings (SSSR count). The van der Waals surface area contributed by atoms with Crippen molar-refractivity contribution in [3.8, 4) is 0 Å². The van der Waals surface area contributed by atoms with E-state index in [9.17, 15) is 4.79 Å². The number of amides is 1. The number of carbonyl (C=O) groups is 1. The van der Waals surface area contributed by atoms with Gasteiger partial charge in [-0.15, -0.1) is 0 Å². The molecule has 1 saturated heterocycles. The van der Waals surface area contributed by atoms with Crippen LogP contribution in [0.15, 0.2) is 53.3 Å². The van der Waals surface area contributed by atoms with Gasteiger partial charge in [0.1, 0.15) is 18.0 Å². The molecule has 23 heavy (non-hydrogen) atoms. The third kappa shape index (κ3) is 2.11. The molecule has 0 saturated carbocycles. The van der Waals surface area contributed by atoms with Gasteiger partial charge in [-0.2, -0.15) is 5.10 Å². The molecule has 1 aliphatic rings. The van der Waals surface area contributed by atoms with E-state index in [0.29, 0.717) is 11.5 Å². The summed E-state index contributed by atoms with van der Waals surface area (Å²) in [4.78, 5) is 18.5. The van der Waals surface area contributed by atoms with Crippen LogP contribution in [0.25, 0.3) is 5.65 Å². The molecule has 1 fully saturated rings. The molecule has 0 N–H and O–H groups in total. The Morgan fingerprint density at radius 1 is 1.26 bits per heavy atom. The highest BCUT2D eigenvalue weighted by Gasteiger charge is 2.46. The molecule has 0 bridgehead atoms. The van der Waals surface area contributed by atoms with Crippen LogP contribution in [0.4, 0.5) is 10.6 Å². The highest BCUT2D eigenvalue weighted by Crippen LogP contribution is 2.37. The van der Waals surface area contributed by atoms with Crippen molar-refractivity contribution in [1.82, 2.24) is 14.6 Å². The zero-order valence-electron chi connectivity index (χ0n) is 12.3. The molecule has 0 aliphatic carbocycles. The average molecular weight is 373 g/mol. The Morgan fingerprint density at radius 2 is 2.04 bits per heavy atom. The van der Waals surface area contributed by atoms with Crippen molar-refractivity contribution >= 4 is 33.5 Å². The Hall–Kier alpha value is -2.41. The number of hydrogen-bond acceptors (Lipinski definition) is 4. The molecule has 1 aliphatic heterocycles. The lowest BCUT2D eigenvalue weighted by Gasteiger charge is -2.31. The molecular weight excluding hydrogens is 360 g/mol. The summed E-state index contributed by atoms with van der Waals surface area (Å²) in [7, 11) is 0. The molecule has 3 aromatic rings. The fourth-order valence-electron chi connectivity index (χ4n) is 2.84. The number of benzene rings is 1. The quantitative estimate of drug-likeness (QED) is 0.691. The summed E-state index contributed by atoms with van der Waals surface area (Å²) in [5, 5.41) is 4.17. The second kappa shape index (κ2) is 5.06. The first-order valence-electron chi connectivity index (χ1n) is 7.12. The molecule has 1 atom stereocenters. The first-order valence-corrected chi connectivity index (χ1v) is 7.91. The van der Waals surface area contributed by atoms with E-state index in [1.807, 2.05) is 37.3 Å². The third-order valence-electron chi connectivity index (χ3n) is 4.09. The second-order valence-corrected chi connectivity index (χ2v) is 6.43. The van der Waals surface area contributed by atoms with Crippen molar-refractivity contribution < 1.29 is 9.53 Å². The van der Waals surface area contributed by atoms with Crippen molar-refractivity contribution in [2.75, 3.05) is 11.5 Å². The van der Waals surface area contributed by atoms with Crippen molar-refractivity contribution in [2.45, 2.75) is 12.5 Å². The Bertz CT molecular complexity index is 895. The van der Waals surface area contributed by atoms with Gasteiger partial charge >= 0.3 is 6.09 Å².